The second-order valence-corrected chi connectivity index (χ2v) is 4.15. The summed E-state index contributed by atoms with van der Waals surface area (Å²) in [6, 6.07) is 0. The van der Waals surface area contributed by atoms with Gasteiger partial charge in [0.05, 0.1) is 11.8 Å². The van der Waals surface area contributed by atoms with E-state index in [0.29, 0.717) is 0 Å². The Morgan fingerprint density at radius 2 is 2.00 bits per heavy atom. The first kappa shape index (κ1) is 10.7. The van der Waals surface area contributed by atoms with E-state index in [-0.39, 0.29) is 18.4 Å². The van der Waals surface area contributed by atoms with Gasteiger partial charge < -0.3 is 9.84 Å². The SMILES string of the molecule is C#CCOC(=O)[C@H]1[C@H](C(=O)O)[C@H]2C=C[C@@H]1C2. The zero-order chi connectivity index (χ0) is 11.7. The van der Waals surface area contributed by atoms with E-state index in [2.05, 4.69) is 5.92 Å². The number of fused-ring (bicyclic) bond motifs is 2. The van der Waals surface area contributed by atoms with Gasteiger partial charge in [0.25, 0.3) is 0 Å². The van der Waals surface area contributed by atoms with E-state index in [9.17, 15) is 9.59 Å². The minimum Gasteiger partial charge on any atom is -0.481 e. The normalized spacial score (nSPS) is 34.7. The van der Waals surface area contributed by atoms with E-state index in [1.54, 1.807) is 0 Å². The van der Waals surface area contributed by atoms with Crippen LogP contribution in [0.25, 0.3) is 0 Å². The maximum absolute atomic E-state index is 11.7. The smallest absolute Gasteiger partial charge is 0.311 e. The first-order valence-electron chi connectivity index (χ1n) is 5.16. The number of carboxylic acid groups (broad SMARTS) is 1. The molecule has 1 saturated carbocycles. The van der Waals surface area contributed by atoms with E-state index in [1.807, 2.05) is 12.2 Å². The molecule has 2 bridgehead atoms. The van der Waals surface area contributed by atoms with Crippen molar-refractivity contribution in [2.24, 2.45) is 23.7 Å². The molecule has 4 nitrogen and oxygen atoms in total. The molecule has 4 heteroatoms. The molecule has 0 heterocycles. The van der Waals surface area contributed by atoms with Crippen molar-refractivity contribution in [2.45, 2.75) is 6.42 Å². The van der Waals surface area contributed by atoms with E-state index < -0.39 is 23.8 Å². The fraction of sp³-hybridized carbons (Fsp3) is 0.500. The van der Waals surface area contributed by atoms with Crippen molar-refractivity contribution in [3.63, 3.8) is 0 Å². The average Bonchev–Trinajstić information content (AvgIpc) is 2.84. The van der Waals surface area contributed by atoms with Crippen LogP contribution in [0.4, 0.5) is 0 Å². The maximum Gasteiger partial charge on any atom is 0.311 e. The molecule has 0 aromatic heterocycles. The Balaban J connectivity index is 2.14. The van der Waals surface area contributed by atoms with Gasteiger partial charge in [-0.25, -0.2) is 0 Å². The largest absolute Gasteiger partial charge is 0.481 e. The van der Waals surface area contributed by atoms with Gasteiger partial charge in [0.2, 0.25) is 0 Å². The third-order valence-corrected chi connectivity index (χ3v) is 3.31. The summed E-state index contributed by atoms with van der Waals surface area (Å²) in [6.07, 6.45) is 9.51. The molecule has 2 aliphatic carbocycles. The number of rotatable bonds is 3. The van der Waals surface area contributed by atoms with Crippen molar-refractivity contribution < 1.29 is 19.4 Å². The lowest BCUT2D eigenvalue weighted by Crippen LogP contribution is -2.34. The lowest BCUT2D eigenvalue weighted by Gasteiger charge is -2.22. The third-order valence-electron chi connectivity index (χ3n) is 3.31. The molecule has 0 aromatic carbocycles. The van der Waals surface area contributed by atoms with Gasteiger partial charge >= 0.3 is 11.9 Å². The van der Waals surface area contributed by atoms with Crippen molar-refractivity contribution >= 4 is 11.9 Å². The summed E-state index contributed by atoms with van der Waals surface area (Å²) in [6.45, 7) is -0.0945. The van der Waals surface area contributed by atoms with Gasteiger partial charge in [0.15, 0.2) is 6.61 Å². The Morgan fingerprint density at radius 1 is 1.38 bits per heavy atom. The number of carbonyl (C=O) groups excluding carboxylic acids is 1. The highest BCUT2D eigenvalue weighted by molar-refractivity contribution is 5.83. The second kappa shape index (κ2) is 4.01. The first-order valence-corrected chi connectivity index (χ1v) is 5.16. The van der Waals surface area contributed by atoms with Gasteiger partial charge in [-0.1, -0.05) is 18.1 Å². The van der Waals surface area contributed by atoms with Gasteiger partial charge in [0, 0.05) is 0 Å². The fourth-order valence-electron chi connectivity index (χ4n) is 2.69. The Hall–Kier alpha value is -1.76. The van der Waals surface area contributed by atoms with Crippen LogP contribution in [0.3, 0.4) is 0 Å². The number of hydrogen-bond donors (Lipinski definition) is 1. The number of allylic oxidation sites excluding steroid dienone is 2. The summed E-state index contributed by atoms with van der Waals surface area (Å²) < 4.78 is 4.84. The van der Waals surface area contributed by atoms with Crippen molar-refractivity contribution in [2.75, 3.05) is 6.61 Å². The number of carbonyl (C=O) groups is 2. The van der Waals surface area contributed by atoms with Crippen LogP contribution in [0, 0.1) is 36.0 Å². The average molecular weight is 220 g/mol. The van der Waals surface area contributed by atoms with Crippen molar-refractivity contribution in [3.05, 3.63) is 12.2 Å². The monoisotopic (exact) mass is 220 g/mol. The molecule has 0 unspecified atom stereocenters. The molecule has 2 aliphatic rings. The minimum absolute atomic E-state index is 0.00336. The van der Waals surface area contributed by atoms with Crippen LogP contribution in [-0.4, -0.2) is 23.7 Å². The molecule has 84 valence electrons. The van der Waals surface area contributed by atoms with Crippen LogP contribution in [0.1, 0.15) is 6.42 Å². The molecular formula is C12H12O4. The van der Waals surface area contributed by atoms with Gasteiger partial charge in [-0.15, -0.1) is 6.42 Å². The number of aliphatic carboxylic acids is 1. The number of ether oxygens (including phenoxy) is 1. The molecular weight excluding hydrogens is 208 g/mol. The van der Waals surface area contributed by atoms with Gasteiger partial charge in [-0.2, -0.15) is 0 Å². The molecule has 1 N–H and O–H groups in total. The summed E-state index contributed by atoms with van der Waals surface area (Å²) in [5, 5.41) is 9.10. The van der Waals surface area contributed by atoms with Crippen LogP contribution in [0.15, 0.2) is 12.2 Å². The highest BCUT2D eigenvalue weighted by Crippen LogP contribution is 2.48. The van der Waals surface area contributed by atoms with Crippen molar-refractivity contribution in [1.82, 2.24) is 0 Å². The molecule has 1 fully saturated rings. The molecule has 0 spiro atoms. The van der Waals surface area contributed by atoms with Crippen molar-refractivity contribution in [1.29, 1.82) is 0 Å². The molecule has 0 aromatic rings. The predicted octanol–water partition coefficient (Wildman–Crippen LogP) is 0.686. The zero-order valence-electron chi connectivity index (χ0n) is 8.63. The summed E-state index contributed by atoms with van der Waals surface area (Å²) in [4.78, 5) is 22.8. The van der Waals surface area contributed by atoms with Gasteiger partial charge in [0.1, 0.15) is 0 Å². The summed E-state index contributed by atoms with van der Waals surface area (Å²) >= 11 is 0. The highest BCUT2D eigenvalue weighted by atomic mass is 16.5. The van der Waals surface area contributed by atoms with Gasteiger partial charge in [-0.05, 0) is 18.3 Å². The van der Waals surface area contributed by atoms with Crippen LogP contribution in [0.5, 0.6) is 0 Å². The predicted molar refractivity (Wildman–Crippen MR) is 55.1 cm³/mol. The quantitative estimate of drug-likeness (QED) is 0.431. The van der Waals surface area contributed by atoms with Crippen molar-refractivity contribution in [3.8, 4) is 12.3 Å². The number of hydrogen-bond acceptors (Lipinski definition) is 3. The molecule has 0 saturated heterocycles. The lowest BCUT2D eigenvalue weighted by atomic mass is 9.83. The number of terminal acetylenes is 1. The summed E-state index contributed by atoms with van der Waals surface area (Å²) in [5.74, 6) is -0.474. The summed E-state index contributed by atoms with van der Waals surface area (Å²) in [5.41, 5.74) is 0. The molecule has 16 heavy (non-hydrogen) atoms. The number of esters is 1. The second-order valence-electron chi connectivity index (χ2n) is 4.15. The van der Waals surface area contributed by atoms with Crippen LogP contribution < -0.4 is 0 Å². The summed E-state index contributed by atoms with van der Waals surface area (Å²) in [7, 11) is 0. The Labute approximate surface area is 93.3 Å². The standard InChI is InChI=1S/C12H12O4/c1-2-5-16-12(15)10-8-4-3-7(6-8)9(10)11(13)14/h1,3-4,7-10H,5-6H2,(H,13,14)/t7-,8+,9+,10+/m0/s1. The van der Waals surface area contributed by atoms with E-state index >= 15 is 0 Å². The molecule has 4 atom stereocenters. The lowest BCUT2D eigenvalue weighted by molar-refractivity contribution is -0.157. The molecule has 0 amide bonds. The van der Waals surface area contributed by atoms with E-state index in [4.69, 9.17) is 16.3 Å². The first-order chi connectivity index (χ1) is 7.65. The van der Waals surface area contributed by atoms with Gasteiger partial charge in [-0.3, -0.25) is 9.59 Å². The maximum atomic E-state index is 11.7. The molecule has 2 rings (SSSR count). The minimum atomic E-state index is -0.931. The molecule has 0 aliphatic heterocycles. The topological polar surface area (TPSA) is 63.6 Å². The van der Waals surface area contributed by atoms with E-state index in [0.717, 1.165) is 6.42 Å². The Morgan fingerprint density at radius 3 is 2.56 bits per heavy atom. The van der Waals surface area contributed by atoms with E-state index in [1.165, 1.54) is 0 Å². The zero-order valence-corrected chi connectivity index (χ0v) is 8.63. The third kappa shape index (κ3) is 1.58. The van der Waals surface area contributed by atoms with Crippen LogP contribution in [-0.2, 0) is 14.3 Å². The Kier molecular flexibility index (Phi) is 2.69. The Bertz CT molecular complexity index is 390. The number of carboxylic acids is 1. The van der Waals surface area contributed by atoms with Crippen LogP contribution in [0.2, 0.25) is 0 Å². The fourth-order valence-corrected chi connectivity index (χ4v) is 2.69. The van der Waals surface area contributed by atoms with Crippen LogP contribution >= 0.6 is 0 Å². The molecule has 0 radical (unpaired) electrons. The highest BCUT2D eigenvalue weighted by Gasteiger charge is 2.52.